The van der Waals surface area contributed by atoms with Crippen molar-refractivity contribution < 1.29 is 42.9 Å². The Labute approximate surface area is 535 Å². The summed E-state index contributed by atoms with van der Waals surface area (Å²) in [7, 11) is 5.97. The van der Waals surface area contributed by atoms with Crippen LogP contribution in [0.2, 0.25) is 0 Å². The summed E-state index contributed by atoms with van der Waals surface area (Å²) in [5, 5.41) is 9.74. The van der Waals surface area contributed by atoms with Crippen molar-refractivity contribution in [3.8, 4) is 0 Å². The molecule has 0 fully saturated rings. The van der Waals surface area contributed by atoms with Crippen molar-refractivity contribution in [2.75, 3.05) is 47.5 Å². The molecule has 1 N–H and O–H groups in total. The zero-order valence-electron chi connectivity index (χ0n) is 56.6. The number of carboxylic acid groups (broad SMARTS) is 1. The maximum absolute atomic E-state index is 12.9. The lowest BCUT2D eigenvalue weighted by atomic mass is 10.0. The summed E-state index contributed by atoms with van der Waals surface area (Å²) < 4.78 is 23.0. The molecule has 0 saturated carbocycles. The van der Waals surface area contributed by atoms with Crippen LogP contribution in [0.1, 0.15) is 284 Å². The van der Waals surface area contributed by atoms with Crippen LogP contribution < -0.4 is 0 Å². The molecule has 0 amide bonds. The number of allylic oxidation sites excluding steroid dienone is 22. The molecule has 9 heteroatoms. The van der Waals surface area contributed by atoms with E-state index in [0.717, 1.165) is 116 Å². The first-order valence-corrected chi connectivity index (χ1v) is 35.3. The number of nitrogens with zero attached hydrogens (tertiary/aromatic N) is 1. The molecular weight excluding hydrogens is 1080 g/mol. The molecule has 0 rings (SSSR count). The number of likely N-dealkylation sites (N-methyl/N-ethyl adjacent to an activating group) is 1. The van der Waals surface area contributed by atoms with Gasteiger partial charge in [0, 0.05) is 12.8 Å². The molecule has 0 aromatic rings. The second-order valence-corrected chi connectivity index (χ2v) is 24.5. The van der Waals surface area contributed by atoms with Gasteiger partial charge in [-0.2, -0.15) is 0 Å². The molecule has 2 atom stereocenters. The second-order valence-electron chi connectivity index (χ2n) is 24.5. The van der Waals surface area contributed by atoms with E-state index in [1.54, 1.807) is 0 Å². The number of quaternary nitrogens is 1. The summed E-state index contributed by atoms with van der Waals surface area (Å²) >= 11 is 0. The van der Waals surface area contributed by atoms with Gasteiger partial charge in [0.25, 0.3) is 6.29 Å². The predicted molar refractivity (Wildman–Crippen MR) is 373 cm³/mol. The van der Waals surface area contributed by atoms with Crippen molar-refractivity contribution in [2.45, 2.75) is 296 Å². The zero-order valence-corrected chi connectivity index (χ0v) is 56.6. The summed E-state index contributed by atoms with van der Waals surface area (Å²) in [6.45, 7) is 4.77. The van der Waals surface area contributed by atoms with Crippen molar-refractivity contribution in [3.05, 3.63) is 134 Å². The number of unbranched alkanes of at least 4 members (excludes halogenated alkanes) is 27. The highest BCUT2D eigenvalue weighted by molar-refractivity contribution is 5.71. The number of carbonyl (C=O) groups excluding carboxylic acids is 2. The molecule has 0 aliphatic carbocycles. The first-order chi connectivity index (χ1) is 42.6. The molecule has 0 aliphatic heterocycles. The quantitative estimate of drug-likeness (QED) is 0.0211. The van der Waals surface area contributed by atoms with Gasteiger partial charge in [-0.25, -0.2) is 4.79 Å². The highest BCUT2D eigenvalue weighted by Crippen LogP contribution is 2.17. The molecule has 0 heterocycles. The third kappa shape index (κ3) is 68.8. The Bertz CT molecular complexity index is 1890. The van der Waals surface area contributed by atoms with Gasteiger partial charge in [-0.05, 0) is 96.3 Å². The van der Waals surface area contributed by atoms with Crippen LogP contribution in [0.3, 0.4) is 0 Å². The van der Waals surface area contributed by atoms with Crippen LogP contribution in [0.4, 0.5) is 0 Å². The second kappa shape index (κ2) is 67.4. The molecule has 0 aromatic carbocycles. The van der Waals surface area contributed by atoms with Gasteiger partial charge in [0.1, 0.15) is 13.2 Å². The van der Waals surface area contributed by atoms with Crippen molar-refractivity contribution in [1.29, 1.82) is 0 Å². The Hall–Kier alpha value is -4.57. The van der Waals surface area contributed by atoms with E-state index in [4.69, 9.17) is 18.9 Å². The first-order valence-electron chi connectivity index (χ1n) is 35.3. The fourth-order valence-electron chi connectivity index (χ4n) is 9.55. The zero-order chi connectivity index (χ0) is 63.3. The van der Waals surface area contributed by atoms with E-state index >= 15 is 0 Å². The van der Waals surface area contributed by atoms with E-state index in [2.05, 4.69) is 148 Å². The molecule has 9 nitrogen and oxygen atoms in total. The lowest BCUT2D eigenvalue weighted by Crippen LogP contribution is -2.40. The lowest BCUT2D eigenvalue weighted by Gasteiger charge is -2.25. The number of aliphatic carboxylic acids is 1. The molecule has 0 saturated heterocycles. The van der Waals surface area contributed by atoms with Gasteiger partial charge in [0.05, 0.1) is 34.4 Å². The van der Waals surface area contributed by atoms with Crippen LogP contribution >= 0.6 is 0 Å². The Kier molecular flexibility index (Phi) is 63.8. The Balaban J connectivity index is 4.17. The minimum atomic E-state index is -1.52. The third-order valence-corrected chi connectivity index (χ3v) is 14.9. The summed E-state index contributed by atoms with van der Waals surface area (Å²) in [6, 6.07) is 0. The number of esters is 2. The van der Waals surface area contributed by atoms with Gasteiger partial charge in [0.2, 0.25) is 0 Å². The SMILES string of the molecule is CC/C=C\C/C=C\C/C=C\C/C=C\C/C=C\C/C=C\C/C=C\C/C=C\C/C=C\C/C=C\C/C=C\CCCCCCCCCC(=O)OC(COC(=O)CCCCCCCCCCCCCCCCCCCCCCC)COC(OCC[N+](C)(C)C)C(=O)O. The van der Waals surface area contributed by atoms with Gasteiger partial charge in [0.15, 0.2) is 6.10 Å². The minimum Gasteiger partial charge on any atom is -0.477 e. The van der Waals surface area contributed by atoms with E-state index in [1.807, 2.05) is 21.1 Å². The molecule has 2 unspecified atom stereocenters. The van der Waals surface area contributed by atoms with E-state index < -0.39 is 24.3 Å². The predicted octanol–water partition coefficient (Wildman–Crippen LogP) is 22.1. The largest absolute Gasteiger partial charge is 0.477 e. The lowest BCUT2D eigenvalue weighted by molar-refractivity contribution is -0.870. The van der Waals surface area contributed by atoms with Gasteiger partial charge < -0.3 is 28.5 Å². The van der Waals surface area contributed by atoms with Gasteiger partial charge >= 0.3 is 17.9 Å². The first kappa shape index (κ1) is 82.4. The fourth-order valence-corrected chi connectivity index (χ4v) is 9.55. The Morgan fingerprint density at radius 1 is 0.356 bits per heavy atom. The number of ether oxygens (including phenoxy) is 4. The Morgan fingerprint density at radius 3 is 0.977 bits per heavy atom. The minimum absolute atomic E-state index is 0.181. The van der Waals surface area contributed by atoms with Crippen molar-refractivity contribution in [2.24, 2.45) is 0 Å². The van der Waals surface area contributed by atoms with Crippen LogP contribution in [0.15, 0.2) is 134 Å². The van der Waals surface area contributed by atoms with Crippen molar-refractivity contribution in [3.63, 3.8) is 0 Å². The monoisotopic (exact) mass is 1210 g/mol. The van der Waals surface area contributed by atoms with Crippen molar-refractivity contribution in [1.82, 2.24) is 0 Å². The highest BCUT2D eigenvalue weighted by atomic mass is 16.7. The molecular formula is C78H132NO8+. The molecule has 496 valence electrons. The highest BCUT2D eigenvalue weighted by Gasteiger charge is 2.25. The standard InChI is InChI=1S/C78H131NO8/c1-6-8-10-12-14-16-18-20-22-24-26-28-29-30-31-32-33-34-35-36-37-38-39-40-41-42-43-44-45-46-47-49-51-53-55-57-59-61-63-65-67-69-76(81)87-74(73-86-78(77(82)83)84-71-70-79(3,4)5)72-85-75(80)68-66-64-62-60-58-56-54-52-50-48-27-25-23-21-19-17-15-13-11-9-7-2/h8,10,14,16,20,22,26,28,30-31,33-34,36-37,39-40,42-43,45-46,49,51,74,78H,6-7,9,11-13,15,17-19,21,23-25,27,29,32,35,38,41,44,47-48,50,52-73H2,1-5H3/p+1/b10-8-,16-14-,22-20-,28-26-,31-30-,34-33-,37-36-,40-39-,43-42-,46-45-,51-49-. The topological polar surface area (TPSA) is 108 Å². The van der Waals surface area contributed by atoms with Crippen molar-refractivity contribution >= 4 is 17.9 Å². The third-order valence-electron chi connectivity index (χ3n) is 14.9. The molecule has 0 bridgehead atoms. The average Bonchev–Trinajstić information content (AvgIpc) is 3.59. The molecule has 0 aliphatic rings. The number of hydrogen-bond donors (Lipinski definition) is 1. The molecule has 0 aromatic heterocycles. The van der Waals surface area contributed by atoms with Crippen LogP contribution in [0, 0.1) is 0 Å². The fraction of sp³-hybridized carbons (Fsp3) is 0.679. The average molecular weight is 1210 g/mol. The van der Waals surface area contributed by atoms with Crippen LogP contribution in [-0.2, 0) is 33.3 Å². The molecule has 0 radical (unpaired) electrons. The maximum Gasteiger partial charge on any atom is 0.361 e. The van der Waals surface area contributed by atoms with Gasteiger partial charge in [-0.3, -0.25) is 9.59 Å². The van der Waals surface area contributed by atoms with E-state index in [-0.39, 0.29) is 32.2 Å². The molecule has 0 spiro atoms. The summed E-state index contributed by atoms with van der Waals surface area (Å²) in [6.07, 6.45) is 94.2. The maximum atomic E-state index is 12.9. The number of carboxylic acids is 1. The van der Waals surface area contributed by atoms with Gasteiger partial charge in [-0.1, -0.05) is 308 Å². The number of hydrogen-bond acceptors (Lipinski definition) is 7. The number of rotatable bonds is 64. The normalized spacial score (nSPS) is 13.5. The number of carbonyl (C=O) groups is 3. The van der Waals surface area contributed by atoms with Crippen LogP contribution in [0.25, 0.3) is 0 Å². The van der Waals surface area contributed by atoms with E-state index in [9.17, 15) is 19.5 Å². The van der Waals surface area contributed by atoms with Crippen LogP contribution in [0.5, 0.6) is 0 Å². The Morgan fingerprint density at radius 2 is 0.655 bits per heavy atom. The molecule has 87 heavy (non-hydrogen) atoms. The summed E-state index contributed by atoms with van der Waals surface area (Å²) in [5.74, 6) is -2.02. The van der Waals surface area contributed by atoms with Gasteiger partial charge in [-0.15, -0.1) is 0 Å². The summed E-state index contributed by atoms with van der Waals surface area (Å²) in [4.78, 5) is 37.6. The summed E-state index contributed by atoms with van der Waals surface area (Å²) in [5.41, 5.74) is 0. The smallest absolute Gasteiger partial charge is 0.361 e. The van der Waals surface area contributed by atoms with E-state index in [1.165, 1.54) is 135 Å². The van der Waals surface area contributed by atoms with E-state index in [0.29, 0.717) is 23.9 Å². The van der Waals surface area contributed by atoms with Crippen LogP contribution in [-0.4, -0.2) is 87.4 Å².